The summed E-state index contributed by atoms with van der Waals surface area (Å²) in [5.74, 6) is -2.03. The van der Waals surface area contributed by atoms with Crippen LogP contribution in [-0.2, 0) is 14.3 Å². The highest BCUT2D eigenvalue weighted by atomic mass is 16.5. The SMILES string of the molecule is O=C(O)CC(NC(=O)OCC1c2ccccc2-c2ccccc21)C(=O)NCC1CCCCC1O. The van der Waals surface area contributed by atoms with Gasteiger partial charge in [-0.3, -0.25) is 9.59 Å². The maximum Gasteiger partial charge on any atom is 0.407 e. The predicted molar refractivity (Wildman–Crippen MR) is 125 cm³/mol. The minimum atomic E-state index is -1.27. The molecule has 0 heterocycles. The van der Waals surface area contributed by atoms with Gasteiger partial charge in [0.25, 0.3) is 0 Å². The van der Waals surface area contributed by atoms with Crippen molar-refractivity contribution >= 4 is 18.0 Å². The number of nitrogens with one attached hydrogen (secondary N) is 2. The Bertz CT molecular complexity index is 1010. The molecule has 34 heavy (non-hydrogen) atoms. The second-order valence-corrected chi connectivity index (χ2v) is 8.98. The fourth-order valence-electron chi connectivity index (χ4n) is 4.95. The highest BCUT2D eigenvalue weighted by Gasteiger charge is 2.31. The van der Waals surface area contributed by atoms with Gasteiger partial charge in [0.05, 0.1) is 12.5 Å². The van der Waals surface area contributed by atoms with Crippen molar-refractivity contribution in [3.63, 3.8) is 0 Å². The molecule has 4 N–H and O–H groups in total. The lowest BCUT2D eigenvalue weighted by molar-refractivity contribution is -0.139. The molecule has 8 nitrogen and oxygen atoms in total. The third-order valence-electron chi connectivity index (χ3n) is 6.74. The van der Waals surface area contributed by atoms with Gasteiger partial charge in [0, 0.05) is 18.4 Å². The van der Waals surface area contributed by atoms with E-state index in [1.807, 2.05) is 48.5 Å². The van der Waals surface area contributed by atoms with Crippen LogP contribution < -0.4 is 10.6 Å². The Labute approximate surface area is 198 Å². The summed E-state index contributed by atoms with van der Waals surface area (Å²) in [6.07, 6.45) is 1.53. The summed E-state index contributed by atoms with van der Waals surface area (Å²) in [7, 11) is 0. The Morgan fingerprint density at radius 3 is 2.21 bits per heavy atom. The zero-order valence-electron chi connectivity index (χ0n) is 18.9. The van der Waals surface area contributed by atoms with Gasteiger partial charge in [-0.05, 0) is 35.1 Å². The van der Waals surface area contributed by atoms with Crippen molar-refractivity contribution < 1.29 is 29.3 Å². The summed E-state index contributed by atoms with van der Waals surface area (Å²) in [6, 6.07) is 14.6. The van der Waals surface area contributed by atoms with Gasteiger partial charge < -0.3 is 25.6 Å². The average molecular weight is 467 g/mol. The number of rotatable bonds is 8. The molecule has 0 aromatic heterocycles. The van der Waals surface area contributed by atoms with E-state index >= 15 is 0 Å². The second-order valence-electron chi connectivity index (χ2n) is 8.98. The number of ether oxygens (including phenoxy) is 1. The fraction of sp³-hybridized carbons (Fsp3) is 0.423. The number of alkyl carbamates (subject to hydrolysis) is 1. The Balaban J connectivity index is 1.36. The number of carboxylic acids is 1. The van der Waals surface area contributed by atoms with E-state index in [1.54, 1.807) is 0 Å². The molecule has 2 amide bonds. The fourth-order valence-corrected chi connectivity index (χ4v) is 4.95. The van der Waals surface area contributed by atoms with Crippen LogP contribution in [0, 0.1) is 5.92 Å². The number of hydrogen-bond donors (Lipinski definition) is 4. The molecule has 0 radical (unpaired) electrons. The van der Waals surface area contributed by atoms with Crippen molar-refractivity contribution in [2.45, 2.75) is 50.2 Å². The second kappa shape index (κ2) is 10.7. The van der Waals surface area contributed by atoms with Gasteiger partial charge in [-0.15, -0.1) is 0 Å². The number of carboxylic acid groups (broad SMARTS) is 1. The third-order valence-corrected chi connectivity index (χ3v) is 6.74. The molecule has 2 aromatic carbocycles. The van der Waals surface area contributed by atoms with Gasteiger partial charge in [-0.1, -0.05) is 61.4 Å². The predicted octanol–water partition coefficient (Wildman–Crippen LogP) is 3.04. The number of carbonyl (C=O) groups excluding carboxylic acids is 2. The van der Waals surface area contributed by atoms with Crippen LogP contribution >= 0.6 is 0 Å². The molecule has 2 aliphatic rings. The number of amides is 2. The van der Waals surface area contributed by atoms with Crippen molar-refractivity contribution in [2.24, 2.45) is 5.92 Å². The van der Waals surface area contributed by atoms with Crippen LogP contribution in [0.2, 0.25) is 0 Å². The molecule has 1 fully saturated rings. The maximum atomic E-state index is 12.6. The smallest absolute Gasteiger partial charge is 0.407 e. The summed E-state index contributed by atoms with van der Waals surface area (Å²) < 4.78 is 5.45. The third kappa shape index (κ3) is 5.39. The largest absolute Gasteiger partial charge is 0.481 e. The molecule has 180 valence electrons. The van der Waals surface area contributed by atoms with Gasteiger partial charge in [0.2, 0.25) is 5.91 Å². The number of aliphatic hydroxyl groups excluding tert-OH is 1. The van der Waals surface area contributed by atoms with E-state index in [9.17, 15) is 24.6 Å². The van der Waals surface area contributed by atoms with Crippen molar-refractivity contribution in [2.75, 3.05) is 13.2 Å². The standard InChI is InChI=1S/C26H30N2O6/c29-23-12-6-1-7-16(23)14-27-25(32)22(13-24(30)31)28-26(33)34-15-21-19-10-4-2-8-17(19)18-9-3-5-11-20(18)21/h2-5,8-11,16,21-23,29H,1,6-7,12-15H2,(H,27,32)(H,28,33)(H,30,31). The van der Waals surface area contributed by atoms with Crippen molar-refractivity contribution in [1.82, 2.24) is 10.6 Å². The van der Waals surface area contributed by atoms with E-state index in [4.69, 9.17) is 4.74 Å². The first-order chi connectivity index (χ1) is 16.4. The quantitative estimate of drug-likeness (QED) is 0.474. The lowest BCUT2D eigenvalue weighted by Gasteiger charge is -2.28. The lowest BCUT2D eigenvalue weighted by Crippen LogP contribution is -2.49. The van der Waals surface area contributed by atoms with Gasteiger partial charge in [-0.25, -0.2) is 4.79 Å². The molecular formula is C26H30N2O6. The van der Waals surface area contributed by atoms with E-state index in [0.29, 0.717) is 6.42 Å². The number of fused-ring (bicyclic) bond motifs is 3. The van der Waals surface area contributed by atoms with Crippen LogP contribution in [0.25, 0.3) is 11.1 Å². The molecule has 0 saturated heterocycles. The van der Waals surface area contributed by atoms with Gasteiger partial charge in [0.15, 0.2) is 0 Å². The summed E-state index contributed by atoms with van der Waals surface area (Å²) in [5, 5.41) is 24.4. The summed E-state index contributed by atoms with van der Waals surface area (Å²) in [4.78, 5) is 36.4. The minimum Gasteiger partial charge on any atom is -0.481 e. The Morgan fingerprint density at radius 2 is 1.59 bits per heavy atom. The van der Waals surface area contributed by atoms with Crippen LogP contribution in [0.5, 0.6) is 0 Å². The van der Waals surface area contributed by atoms with Crippen molar-refractivity contribution in [3.8, 4) is 11.1 Å². The molecule has 1 saturated carbocycles. The molecule has 0 aliphatic heterocycles. The Hall–Kier alpha value is -3.39. The van der Waals surface area contributed by atoms with Crippen LogP contribution in [0.1, 0.15) is 49.1 Å². The van der Waals surface area contributed by atoms with Gasteiger partial charge >= 0.3 is 12.1 Å². The zero-order valence-corrected chi connectivity index (χ0v) is 18.9. The van der Waals surface area contributed by atoms with E-state index in [0.717, 1.165) is 41.5 Å². The van der Waals surface area contributed by atoms with E-state index in [1.165, 1.54) is 0 Å². The number of aliphatic carboxylic acids is 1. The van der Waals surface area contributed by atoms with E-state index in [-0.39, 0.29) is 25.0 Å². The maximum absolute atomic E-state index is 12.6. The molecular weight excluding hydrogens is 436 g/mol. The molecule has 0 bridgehead atoms. The molecule has 3 unspecified atom stereocenters. The first kappa shape index (κ1) is 23.8. The van der Waals surface area contributed by atoms with Crippen LogP contribution in [0.4, 0.5) is 4.79 Å². The lowest BCUT2D eigenvalue weighted by atomic mass is 9.86. The summed E-state index contributed by atoms with van der Waals surface area (Å²) >= 11 is 0. The number of carbonyl (C=O) groups is 3. The normalized spacial score (nSPS) is 20.0. The zero-order chi connectivity index (χ0) is 24.1. The van der Waals surface area contributed by atoms with Crippen LogP contribution in [0.15, 0.2) is 48.5 Å². The van der Waals surface area contributed by atoms with Crippen molar-refractivity contribution in [3.05, 3.63) is 59.7 Å². The first-order valence-electron chi connectivity index (χ1n) is 11.7. The highest BCUT2D eigenvalue weighted by molar-refractivity contribution is 5.89. The Kier molecular flexibility index (Phi) is 7.47. The van der Waals surface area contributed by atoms with E-state index in [2.05, 4.69) is 10.6 Å². The van der Waals surface area contributed by atoms with Crippen LogP contribution in [-0.4, -0.2) is 53.5 Å². The average Bonchev–Trinajstić information content (AvgIpc) is 3.15. The summed E-state index contributed by atoms with van der Waals surface area (Å²) in [6.45, 7) is 0.304. The molecule has 2 aliphatic carbocycles. The molecule has 4 rings (SSSR count). The monoisotopic (exact) mass is 466 g/mol. The number of hydrogen-bond acceptors (Lipinski definition) is 5. The summed E-state index contributed by atoms with van der Waals surface area (Å²) in [5.41, 5.74) is 4.31. The van der Waals surface area contributed by atoms with Crippen molar-refractivity contribution in [1.29, 1.82) is 0 Å². The topological polar surface area (TPSA) is 125 Å². The van der Waals surface area contributed by atoms with Gasteiger partial charge in [-0.2, -0.15) is 0 Å². The Morgan fingerprint density at radius 1 is 0.971 bits per heavy atom. The van der Waals surface area contributed by atoms with Crippen LogP contribution in [0.3, 0.4) is 0 Å². The van der Waals surface area contributed by atoms with E-state index < -0.39 is 36.5 Å². The molecule has 8 heteroatoms. The molecule has 0 spiro atoms. The molecule has 3 atom stereocenters. The first-order valence-corrected chi connectivity index (χ1v) is 11.7. The highest BCUT2D eigenvalue weighted by Crippen LogP contribution is 2.44. The number of benzene rings is 2. The molecule has 2 aromatic rings. The number of aliphatic hydroxyl groups is 1. The minimum absolute atomic E-state index is 0.0650. The van der Waals surface area contributed by atoms with Gasteiger partial charge in [0.1, 0.15) is 12.6 Å².